The lowest BCUT2D eigenvalue weighted by Gasteiger charge is -2.08. The summed E-state index contributed by atoms with van der Waals surface area (Å²) < 4.78 is 0.841. The molecule has 14 heavy (non-hydrogen) atoms. The molecule has 1 atom stereocenters. The number of hydrogen-bond donors (Lipinski definition) is 2. The summed E-state index contributed by atoms with van der Waals surface area (Å²) in [6, 6.07) is 5.80. The minimum absolute atomic E-state index is 0.262. The van der Waals surface area contributed by atoms with Crippen molar-refractivity contribution < 1.29 is 5.11 Å². The topological polar surface area (TPSA) is 45.1 Å². The van der Waals surface area contributed by atoms with Crippen LogP contribution < -0.4 is 5.32 Å². The van der Waals surface area contributed by atoms with Crippen LogP contribution in [-0.4, -0.2) is 22.7 Å². The smallest absolute Gasteiger partial charge is 0.106 e. The lowest BCUT2D eigenvalue weighted by molar-refractivity contribution is 0.167. The van der Waals surface area contributed by atoms with Crippen LogP contribution in [-0.2, 0) is 6.54 Å². The molecule has 1 aromatic rings. The van der Waals surface area contributed by atoms with Gasteiger partial charge < -0.3 is 10.4 Å². The highest BCUT2D eigenvalue weighted by molar-refractivity contribution is 9.10. The maximum absolute atomic E-state index is 9.30. The molecule has 0 aliphatic carbocycles. The first-order chi connectivity index (χ1) is 6.72. The van der Waals surface area contributed by atoms with Crippen molar-refractivity contribution in [3.8, 4) is 0 Å². The van der Waals surface area contributed by atoms with Crippen LogP contribution in [0.5, 0.6) is 0 Å². The van der Waals surface area contributed by atoms with E-state index in [4.69, 9.17) is 0 Å². The molecule has 0 aliphatic rings. The molecule has 0 aromatic carbocycles. The van der Waals surface area contributed by atoms with Crippen LogP contribution in [0.3, 0.4) is 0 Å². The van der Waals surface area contributed by atoms with E-state index in [1.807, 2.05) is 25.1 Å². The van der Waals surface area contributed by atoms with Crippen molar-refractivity contribution in [3.63, 3.8) is 0 Å². The second kappa shape index (κ2) is 6.11. The van der Waals surface area contributed by atoms with E-state index in [1.165, 1.54) is 0 Å². The summed E-state index contributed by atoms with van der Waals surface area (Å²) in [5.74, 6) is 0. The van der Waals surface area contributed by atoms with E-state index in [1.54, 1.807) is 0 Å². The van der Waals surface area contributed by atoms with Gasteiger partial charge in [0.1, 0.15) is 4.60 Å². The molecule has 0 saturated heterocycles. The molecule has 0 aliphatic heterocycles. The van der Waals surface area contributed by atoms with Gasteiger partial charge in [0, 0.05) is 13.1 Å². The van der Waals surface area contributed by atoms with Gasteiger partial charge in [0.25, 0.3) is 0 Å². The zero-order valence-electron chi connectivity index (χ0n) is 8.20. The molecular weight excluding hydrogens is 244 g/mol. The summed E-state index contributed by atoms with van der Waals surface area (Å²) in [6.45, 7) is 3.27. The predicted octanol–water partition coefficient (Wildman–Crippen LogP) is 1.70. The average Bonchev–Trinajstić information content (AvgIpc) is 2.17. The molecular formula is C10H15BrN2O. The molecule has 0 spiro atoms. The Morgan fingerprint density at radius 1 is 1.57 bits per heavy atom. The third kappa shape index (κ3) is 4.17. The fourth-order valence-electron chi connectivity index (χ4n) is 1.06. The van der Waals surface area contributed by atoms with E-state index in [-0.39, 0.29) is 6.10 Å². The van der Waals surface area contributed by atoms with Crippen molar-refractivity contribution in [2.24, 2.45) is 0 Å². The first kappa shape index (κ1) is 11.6. The third-order valence-corrected chi connectivity index (χ3v) is 2.37. The number of pyridine rings is 1. The molecule has 0 bridgehead atoms. The van der Waals surface area contributed by atoms with E-state index >= 15 is 0 Å². The summed E-state index contributed by atoms with van der Waals surface area (Å²) in [5, 5.41) is 12.4. The van der Waals surface area contributed by atoms with E-state index < -0.39 is 0 Å². The van der Waals surface area contributed by atoms with Crippen LogP contribution in [0.25, 0.3) is 0 Å². The lowest BCUT2D eigenvalue weighted by Crippen LogP contribution is -2.26. The molecule has 2 N–H and O–H groups in total. The van der Waals surface area contributed by atoms with Gasteiger partial charge >= 0.3 is 0 Å². The molecule has 78 valence electrons. The van der Waals surface area contributed by atoms with Crippen molar-refractivity contribution in [2.45, 2.75) is 26.0 Å². The molecule has 1 heterocycles. The Balaban J connectivity index is 2.31. The van der Waals surface area contributed by atoms with E-state index in [9.17, 15) is 5.11 Å². The van der Waals surface area contributed by atoms with Crippen molar-refractivity contribution in [3.05, 3.63) is 28.5 Å². The Labute approximate surface area is 92.7 Å². The Bertz CT molecular complexity index is 281. The van der Waals surface area contributed by atoms with Gasteiger partial charge in [-0.2, -0.15) is 0 Å². The van der Waals surface area contributed by atoms with Gasteiger partial charge in [-0.3, -0.25) is 0 Å². The number of aromatic nitrogens is 1. The van der Waals surface area contributed by atoms with Gasteiger partial charge in [0.2, 0.25) is 0 Å². The minimum Gasteiger partial charge on any atom is -0.392 e. The number of rotatable bonds is 5. The van der Waals surface area contributed by atoms with Crippen LogP contribution in [0, 0.1) is 0 Å². The minimum atomic E-state index is -0.262. The summed E-state index contributed by atoms with van der Waals surface area (Å²) in [5.41, 5.74) is 0.975. The summed E-state index contributed by atoms with van der Waals surface area (Å²) in [7, 11) is 0. The molecule has 0 radical (unpaired) electrons. The Hall–Kier alpha value is -0.450. The number of aliphatic hydroxyl groups excluding tert-OH is 1. The van der Waals surface area contributed by atoms with E-state index in [2.05, 4.69) is 26.2 Å². The number of halogens is 1. The monoisotopic (exact) mass is 258 g/mol. The van der Waals surface area contributed by atoms with Crippen LogP contribution in [0.4, 0.5) is 0 Å². The molecule has 1 rings (SSSR count). The maximum atomic E-state index is 9.30. The predicted molar refractivity (Wildman–Crippen MR) is 59.9 cm³/mol. The molecule has 0 saturated carbocycles. The fourth-order valence-corrected chi connectivity index (χ4v) is 1.44. The second-order valence-electron chi connectivity index (χ2n) is 3.14. The molecule has 1 unspecified atom stereocenters. The van der Waals surface area contributed by atoms with E-state index in [0.29, 0.717) is 13.1 Å². The quantitative estimate of drug-likeness (QED) is 0.791. The van der Waals surface area contributed by atoms with Crippen LogP contribution in [0.1, 0.15) is 19.0 Å². The first-order valence-electron chi connectivity index (χ1n) is 4.72. The zero-order chi connectivity index (χ0) is 10.4. The summed E-state index contributed by atoms with van der Waals surface area (Å²) in [6.07, 6.45) is 0.515. The number of nitrogens with one attached hydrogen (secondary N) is 1. The Morgan fingerprint density at radius 3 is 3.00 bits per heavy atom. The van der Waals surface area contributed by atoms with Gasteiger partial charge in [-0.1, -0.05) is 13.0 Å². The lowest BCUT2D eigenvalue weighted by atomic mass is 10.3. The van der Waals surface area contributed by atoms with Crippen molar-refractivity contribution in [2.75, 3.05) is 6.54 Å². The highest BCUT2D eigenvalue weighted by atomic mass is 79.9. The average molecular weight is 259 g/mol. The highest BCUT2D eigenvalue weighted by Gasteiger charge is 2.00. The van der Waals surface area contributed by atoms with Gasteiger partial charge in [0.05, 0.1) is 11.8 Å². The Kier molecular flexibility index (Phi) is 5.07. The first-order valence-corrected chi connectivity index (χ1v) is 5.52. The van der Waals surface area contributed by atoms with Crippen molar-refractivity contribution in [1.82, 2.24) is 10.3 Å². The maximum Gasteiger partial charge on any atom is 0.106 e. The third-order valence-electron chi connectivity index (χ3n) is 1.93. The van der Waals surface area contributed by atoms with E-state index in [0.717, 1.165) is 16.7 Å². The molecule has 0 amide bonds. The van der Waals surface area contributed by atoms with Gasteiger partial charge in [-0.25, -0.2) is 4.98 Å². The fraction of sp³-hybridized carbons (Fsp3) is 0.500. The van der Waals surface area contributed by atoms with Crippen LogP contribution in [0.15, 0.2) is 22.8 Å². The van der Waals surface area contributed by atoms with Crippen LogP contribution >= 0.6 is 15.9 Å². The normalized spacial score (nSPS) is 12.8. The summed E-state index contributed by atoms with van der Waals surface area (Å²) >= 11 is 3.31. The summed E-state index contributed by atoms with van der Waals surface area (Å²) in [4.78, 5) is 4.27. The van der Waals surface area contributed by atoms with Crippen LogP contribution in [0.2, 0.25) is 0 Å². The van der Waals surface area contributed by atoms with Gasteiger partial charge in [-0.05, 0) is 34.5 Å². The SMILES string of the molecule is CCC(O)CNCc1cccc(Br)n1. The molecule has 0 fully saturated rings. The largest absolute Gasteiger partial charge is 0.392 e. The second-order valence-corrected chi connectivity index (χ2v) is 3.96. The van der Waals surface area contributed by atoms with Gasteiger partial charge in [0.15, 0.2) is 0 Å². The van der Waals surface area contributed by atoms with Crippen molar-refractivity contribution >= 4 is 15.9 Å². The number of aliphatic hydroxyl groups is 1. The number of hydrogen-bond acceptors (Lipinski definition) is 3. The van der Waals surface area contributed by atoms with Gasteiger partial charge in [-0.15, -0.1) is 0 Å². The molecule has 1 aromatic heterocycles. The Morgan fingerprint density at radius 2 is 2.36 bits per heavy atom. The number of nitrogens with zero attached hydrogens (tertiary/aromatic N) is 1. The van der Waals surface area contributed by atoms with Crippen molar-refractivity contribution in [1.29, 1.82) is 0 Å². The zero-order valence-corrected chi connectivity index (χ0v) is 9.79. The molecule has 4 heteroatoms. The standard InChI is InChI=1S/C10H15BrN2O/c1-2-9(14)7-12-6-8-4-3-5-10(11)13-8/h3-5,9,12,14H,2,6-7H2,1H3. The highest BCUT2D eigenvalue weighted by Crippen LogP contribution is 2.05. The molecule has 3 nitrogen and oxygen atoms in total.